The van der Waals surface area contributed by atoms with E-state index >= 15 is 0 Å². The molecule has 0 aliphatic heterocycles. The number of para-hydroxylation sites is 1. The van der Waals surface area contributed by atoms with Gasteiger partial charge >= 0.3 is 5.63 Å². The van der Waals surface area contributed by atoms with Crippen molar-refractivity contribution in [2.45, 2.75) is 0 Å². The monoisotopic (exact) mass is 458 g/mol. The number of rotatable bonds is 5. The molecular formula is C25H18N2O5S. The van der Waals surface area contributed by atoms with Crippen molar-refractivity contribution in [1.29, 1.82) is 0 Å². The van der Waals surface area contributed by atoms with Crippen molar-refractivity contribution < 1.29 is 18.7 Å². The Morgan fingerprint density at radius 3 is 2.55 bits per heavy atom. The molecule has 2 aromatic heterocycles. The lowest BCUT2D eigenvalue weighted by Crippen LogP contribution is -2.11. The molecular weight excluding hydrogens is 440 g/mol. The summed E-state index contributed by atoms with van der Waals surface area (Å²) in [6, 6.07) is 19.5. The Balaban J connectivity index is 1.40. The first kappa shape index (κ1) is 20.7. The zero-order valence-electron chi connectivity index (χ0n) is 17.7. The molecule has 0 fully saturated rings. The highest BCUT2D eigenvalue weighted by molar-refractivity contribution is 7.22. The average Bonchev–Trinajstić information content (AvgIpc) is 3.25. The number of nitrogens with zero attached hydrogens (tertiary/aromatic N) is 1. The second kappa shape index (κ2) is 8.40. The van der Waals surface area contributed by atoms with Gasteiger partial charge in [-0.1, -0.05) is 41.7 Å². The van der Waals surface area contributed by atoms with Crippen LogP contribution in [0.4, 0.5) is 5.13 Å². The van der Waals surface area contributed by atoms with Crippen molar-refractivity contribution in [3.8, 4) is 22.6 Å². The molecule has 0 radical (unpaired) electrons. The van der Waals surface area contributed by atoms with E-state index in [-0.39, 0.29) is 5.91 Å². The van der Waals surface area contributed by atoms with Crippen LogP contribution >= 0.6 is 11.3 Å². The van der Waals surface area contributed by atoms with Gasteiger partial charge in [-0.2, -0.15) is 0 Å². The number of anilines is 1. The van der Waals surface area contributed by atoms with Crippen LogP contribution in [0.3, 0.4) is 0 Å². The molecule has 0 saturated heterocycles. The number of carbonyl (C=O) groups excluding carboxylic acids is 1. The van der Waals surface area contributed by atoms with Crippen LogP contribution in [-0.2, 0) is 0 Å². The van der Waals surface area contributed by atoms with E-state index in [1.165, 1.54) is 11.3 Å². The summed E-state index contributed by atoms with van der Waals surface area (Å²) >= 11 is 1.33. The maximum atomic E-state index is 12.8. The first-order chi connectivity index (χ1) is 16.1. The van der Waals surface area contributed by atoms with Crippen LogP contribution in [0.25, 0.3) is 32.3 Å². The predicted octanol–water partition coefficient (Wildman–Crippen LogP) is 5.34. The minimum atomic E-state index is -0.426. The SMILES string of the molecule is COc1cc(OC)c2nc(NC(=O)c3ccc(-c4cc5ccccc5oc4=O)cc3)sc2c1. The number of aromatic nitrogens is 1. The zero-order chi connectivity index (χ0) is 22.9. The average molecular weight is 458 g/mol. The normalized spacial score (nSPS) is 11.0. The van der Waals surface area contributed by atoms with Crippen molar-refractivity contribution >= 4 is 43.6 Å². The van der Waals surface area contributed by atoms with Crippen LogP contribution in [0.1, 0.15) is 10.4 Å². The smallest absolute Gasteiger partial charge is 0.344 e. The van der Waals surface area contributed by atoms with Gasteiger partial charge < -0.3 is 13.9 Å². The van der Waals surface area contributed by atoms with Gasteiger partial charge in [0.2, 0.25) is 0 Å². The maximum Gasteiger partial charge on any atom is 0.344 e. The molecule has 0 atom stereocenters. The number of nitrogens with one attached hydrogen (secondary N) is 1. The summed E-state index contributed by atoms with van der Waals surface area (Å²) in [5, 5.41) is 4.10. The first-order valence-corrected chi connectivity index (χ1v) is 10.8. The van der Waals surface area contributed by atoms with Gasteiger partial charge in [0.25, 0.3) is 5.91 Å². The molecule has 0 saturated carbocycles. The van der Waals surface area contributed by atoms with E-state index in [1.54, 1.807) is 56.7 Å². The lowest BCUT2D eigenvalue weighted by Gasteiger charge is -2.05. The summed E-state index contributed by atoms with van der Waals surface area (Å²) < 4.78 is 16.9. The van der Waals surface area contributed by atoms with Crippen molar-refractivity contribution in [2.75, 3.05) is 19.5 Å². The number of carbonyl (C=O) groups is 1. The number of amides is 1. The van der Waals surface area contributed by atoms with Crippen LogP contribution in [0, 0.1) is 0 Å². The molecule has 7 nitrogen and oxygen atoms in total. The Morgan fingerprint density at radius 1 is 1.00 bits per heavy atom. The van der Waals surface area contributed by atoms with Crippen molar-refractivity contribution in [3.05, 3.63) is 82.7 Å². The second-order valence-electron chi connectivity index (χ2n) is 7.21. The number of hydrogen-bond acceptors (Lipinski definition) is 7. The van der Waals surface area contributed by atoms with Gasteiger partial charge in [0.05, 0.1) is 24.5 Å². The highest BCUT2D eigenvalue weighted by Crippen LogP contribution is 2.36. The third-order valence-electron chi connectivity index (χ3n) is 5.21. The number of thiazole rings is 1. The number of benzene rings is 3. The largest absolute Gasteiger partial charge is 0.497 e. The molecule has 1 amide bonds. The Morgan fingerprint density at radius 2 is 1.79 bits per heavy atom. The minimum absolute atomic E-state index is 0.308. The van der Waals surface area contributed by atoms with Crippen LogP contribution < -0.4 is 20.4 Å². The molecule has 0 aliphatic rings. The third kappa shape index (κ3) is 3.92. The molecule has 1 N–H and O–H groups in total. The number of fused-ring (bicyclic) bond motifs is 2. The van der Waals surface area contributed by atoms with Gasteiger partial charge in [-0.15, -0.1) is 0 Å². The van der Waals surface area contributed by atoms with Gasteiger partial charge in [0.15, 0.2) is 5.13 Å². The van der Waals surface area contributed by atoms with Crippen LogP contribution in [0.2, 0.25) is 0 Å². The topological polar surface area (TPSA) is 90.7 Å². The quantitative estimate of drug-likeness (QED) is 0.358. The maximum absolute atomic E-state index is 12.8. The van der Waals surface area contributed by atoms with Crippen LogP contribution in [-0.4, -0.2) is 25.1 Å². The fourth-order valence-corrected chi connectivity index (χ4v) is 4.44. The predicted molar refractivity (Wildman–Crippen MR) is 129 cm³/mol. The summed E-state index contributed by atoms with van der Waals surface area (Å²) in [7, 11) is 3.14. The van der Waals surface area contributed by atoms with Gasteiger partial charge in [-0.25, -0.2) is 9.78 Å². The van der Waals surface area contributed by atoms with E-state index < -0.39 is 5.63 Å². The summed E-state index contributed by atoms with van der Waals surface area (Å²) in [6.07, 6.45) is 0. The van der Waals surface area contributed by atoms with Crippen molar-refractivity contribution in [2.24, 2.45) is 0 Å². The van der Waals surface area contributed by atoms with Crippen LogP contribution in [0.5, 0.6) is 11.5 Å². The molecule has 0 spiro atoms. The standard InChI is InChI=1S/C25H18N2O5S/c1-30-17-12-20(31-2)22-21(13-17)33-25(26-22)27-23(28)15-9-7-14(8-10-15)18-11-16-5-3-4-6-19(16)32-24(18)29/h3-13H,1-2H3,(H,26,27,28). The molecule has 0 aliphatic carbocycles. The molecule has 164 valence electrons. The lowest BCUT2D eigenvalue weighted by atomic mass is 10.0. The molecule has 5 aromatic rings. The molecule has 33 heavy (non-hydrogen) atoms. The van der Waals surface area contributed by atoms with E-state index in [2.05, 4.69) is 10.3 Å². The van der Waals surface area contributed by atoms with Crippen molar-refractivity contribution in [3.63, 3.8) is 0 Å². The fraction of sp³-hybridized carbons (Fsp3) is 0.0800. The summed E-state index contributed by atoms with van der Waals surface area (Å²) in [5.41, 5.74) is 2.30. The number of ether oxygens (including phenoxy) is 2. The van der Waals surface area contributed by atoms with Crippen LogP contribution in [0.15, 0.2) is 75.9 Å². The Bertz CT molecular complexity index is 1550. The first-order valence-electron chi connectivity index (χ1n) is 10.0. The van der Waals surface area contributed by atoms with Gasteiger partial charge in [0.1, 0.15) is 22.6 Å². The molecule has 8 heteroatoms. The minimum Gasteiger partial charge on any atom is -0.497 e. The molecule has 0 bridgehead atoms. The van der Waals surface area contributed by atoms with E-state index in [0.717, 1.165) is 10.1 Å². The molecule has 2 heterocycles. The summed E-state index contributed by atoms with van der Waals surface area (Å²) in [4.78, 5) is 29.7. The highest BCUT2D eigenvalue weighted by Gasteiger charge is 2.15. The van der Waals surface area contributed by atoms with E-state index in [4.69, 9.17) is 13.9 Å². The van der Waals surface area contributed by atoms with Gasteiger partial charge in [-0.05, 0) is 35.9 Å². The second-order valence-corrected chi connectivity index (χ2v) is 8.24. The summed E-state index contributed by atoms with van der Waals surface area (Å²) in [6.45, 7) is 0. The summed E-state index contributed by atoms with van der Waals surface area (Å²) in [5.74, 6) is 0.909. The zero-order valence-corrected chi connectivity index (χ0v) is 18.6. The Hall–Kier alpha value is -4.17. The van der Waals surface area contributed by atoms with E-state index in [0.29, 0.717) is 44.4 Å². The highest BCUT2D eigenvalue weighted by atomic mass is 32.1. The van der Waals surface area contributed by atoms with Gasteiger partial charge in [-0.3, -0.25) is 10.1 Å². The third-order valence-corrected chi connectivity index (χ3v) is 6.13. The van der Waals surface area contributed by atoms with Crippen molar-refractivity contribution in [1.82, 2.24) is 4.98 Å². The van der Waals surface area contributed by atoms with Gasteiger partial charge in [0, 0.05) is 17.0 Å². The number of methoxy groups -OCH3 is 2. The molecule has 5 rings (SSSR count). The fourth-order valence-electron chi connectivity index (χ4n) is 3.54. The van der Waals surface area contributed by atoms with E-state index in [1.807, 2.05) is 24.3 Å². The number of hydrogen-bond donors (Lipinski definition) is 1. The van der Waals surface area contributed by atoms with E-state index in [9.17, 15) is 9.59 Å². The molecule has 0 unspecified atom stereocenters. The Kier molecular flexibility index (Phi) is 5.27. The Labute approximate surface area is 192 Å². The lowest BCUT2D eigenvalue weighted by molar-refractivity contribution is 0.102. The molecule has 3 aromatic carbocycles.